The summed E-state index contributed by atoms with van der Waals surface area (Å²) in [4.78, 5) is 27.9. The van der Waals surface area contributed by atoms with Gasteiger partial charge in [0.2, 0.25) is 0 Å². The molecule has 7 nitrogen and oxygen atoms in total. The van der Waals surface area contributed by atoms with Crippen LogP contribution >= 0.6 is 0 Å². The van der Waals surface area contributed by atoms with Crippen LogP contribution in [-0.2, 0) is 22.3 Å². The molecule has 1 amide bonds. The van der Waals surface area contributed by atoms with Gasteiger partial charge in [-0.3, -0.25) is 9.69 Å². The number of carboxylic acids is 1. The van der Waals surface area contributed by atoms with Crippen molar-refractivity contribution < 1.29 is 58.9 Å². The van der Waals surface area contributed by atoms with E-state index in [2.05, 4.69) is 4.74 Å². The van der Waals surface area contributed by atoms with Crippen LogP contribution in [0.25, 0.3) is 0 Å². The van der Waals surface area contributed by atoms with Crippen LogP contribution < -0.4 is 4.90 Å². The minimum Gasteiger partial charge on any atom is -0.481 e. The highest BCUT2D eigenvalue weighted by atomic mass is 19.4. The minimum atomic E-state index is -5.83. The molecule has 42 heavy (non-hydrogen) atoms. The van der Waals surface area contributed by atoms with Crippen molar-refractivity contribution in [2.45, 2.75) is 75.2 Å². The van der Waals surface area contributed by atoms with Crippen molar-refractivity contribution in [1.29, 1.82) is 0 Å². The van der Waals surface area contributed by atoms with E-state index in [0.717, 1.165) is 17.0 Å². The van der Waals surface area contributed by atoms with E-state index in [4.69, 9.17) is 0 Å². The molecule has 0 aromatic heterocycles. The highest BCUT2D eigenvalue weighted by molar-refractivity contribution is 5.70. The first-order valence-electron chi connectivity index (χ1n) is 13.4. The average molecular weight is 620 g/mol. The number of carboxylic acid groups (broad SMARTS) is 1. The fraction of sp³-hybridized carbons (Fsp3) is 0.692. The second-order valence-corrected chi connectivity index (χ2v) is 11.1. The first-order chi connectivity index (χ1) is 19.4. The van der Waals surface area contributed by atoms with Crippen molar-refractivity contribution in [3.8, 4) is 0 Å². The van der Waals surface area contributed by atoms with Gasteiger partial charge >= 0.3 is 30.6 Å². The van der Waals surface area contributed by atoms with E-state index in [0.29, 0.717) is 43.5 Å². The predicted molar refractivity (Wildman–Crippen MR) is 130 cm³/mol. The lowest BCUT2D eigenvalue weighted by atomic mass is 9.84. The molecule has 3 aliphatic rings. The Bertz CT molecular complexity index is 1130. The minimum absolute atomic E-state index is 0.108. The van der Waals surface area contributed by atoms with Gasteiger partial charge < -0.3 is 19.6 Å². The van der Waals surface area contributed by atoms with E-state index in [-0.39, 0.29) is 45.6 Å². The van der Waals surface area contributed by atoms with Crippen molar-refractivity contribution in [2.24, 2.45) is 5.92 Å². The zero-order valence-corrected chi connectivity index (χ0v) is 22.3. The Balaban J connectivity index is 1.46. The van der Waals surface area contributed by atoms with Gasteiger partial charge in [-0.15, -0.1) is 0 Å². The molecule has 0 saturated carbocycles. The molecular formula is C26H30F9N3O4. The molecule has 0 bridgehead atoms. The summed E-state index contributed by atoms with van der Waals surface area (Å²) in [6, 6.07) is 3.70. The number of nitrogens with zero attached hydrogens (tertiary/aromatic N) is 3. The second-order valence-electron chi connectivity index (χ2n) is 11.1. The topological polar surface area (TPSA) is 73.3 Å². The van der Waals surface area contributed by atoms with Crippen LogP contribution in [0.1, 0.15) is 49.7 Å². The van der Waals surface area contributed by atoms with E-state index < -0.39 is 53.7 Å². The third kappa shape index (κ3) is 7.17. The molecule has 1 aromatic carbocycles. The van der Waals surface area contributed by atoms with Crippen molar-refractivity contribution in [2.75, 3.05) is 37.6 Å². The zero-order chi connectivity index (χ0) is 31.1. The van der Waals surface area contributed by atoms with Crippen LogP contribution in [0.4, 0.5) is 50.0 Å². The van der Waals surface area contributed by atoms with Gasteiger partial charge in [0.05, 0.1) is 11.5 Å². The number of piperidine rings is 2. The fourth-order valence-electron chi connectivity index (χ4n) is 6.12. The molecule has 1 aromatic rings. The molecule has 0 unspecified atom stereocenters. The summed E-state index contributed by atoms with van der Waals surface area (Å²) in [7, 11) is 0. The second kappa shape index (κ2) is 11.6. The third-order valence-corrected chi connectivity index (χ3v) is 8.39. The number of hydrogen-bond donors (Lipinski definition) is 1. The monoisotopic (exact) mass is 619 g/mol. The lowest BCUT2D eigenvalue weighted by Gasteiger charge is -2.45. The standard InChI is InChI=1S/C26H30F9N3O4/c27-24(28,29)18-12-16(13-19(14-18)36-8-2-17(3-9-36)20(39)40)15-38-7-1-4-23(38)5-10-37(11-6-23)22(41)42-21(25(30,31)32)26(33,34)35/h12-14,17,21H,1-11,15H2,(H,39,40). The Morgan fingerprint density at radius 1 is 0.881 bits per heavy atom. The number of carbonyl (C=O) groups excluding carboxylic acids is 1. The molecule has 3 heterocycles. The number of amides is 1. The zero-order valence-electron chi connectivity index (χ0n) is 22.3. The van der Waals surface area contributed by atoms with E-state index >= 15 is 0 Å². The summed E-state index contributed by atoms with van der Waals surface area (Å²) >= 11 is 0. The smallest absolute Gasteiger partial charge is 0.434 e. The normalized spacial score (nSPS) is 20.9. The summed E-state index contributed by atoms with van der Waals surface area (Å²) in [6.45, 7) is 0.817. The fourth-order valence-corrected chi connectivity index (χ4v) is 6.12. The molecule has 0 aliphatic carbocycles. The molecule has 3 saturated heterocycles. The SMILES string of the molecule is O=C(O)C1CCN(c2cc(CN3CCCC34CCN(C(=O)OC(C(F)(F)F)C(F)(F)F)CC4)cc(C(F)(F)F)c2)CC1. The lowest BCUT2D eigenvalue weighted by Crippen LogP contribution is -2.54. The van der Waals surface area contributed by atoms with Crippen molar-refractivity contribution >= 4 is 17.7 Å². The number of anilines is 1. The van der Waals surface area contributed by atoms with Crippen LogP contribution in [-0.4, -0.2) is 83.7 Å². The molecule has 1 N–H and O–H groups in total. The number of rotatable bonds is 5. The molecule has 3 aliphatic heterocycles. The Morgan fingerprint density at radius 3 is 2.00 bits per heavy atom. The first kappa shape index (κ1) is 32.0. The number of carbonyl (C=O) groups is 2. The Morgan fingerprint density at radius 2 is 1.48 bits per heavy atom. The van der Waals surface area contributed by atoms with Crippen LogP contribution in [0, 0.1) is 5.92 Å². The quantitative estimate of drug-likeness (QED) is 0.404. The third-order valence-electron chi connectivity index (χ3n) is 8.39. The van der Waals surface area contributed by atoms with Gasteiger partial charge in [-0.1, -0.05) is 0 Å². The molecule has 0 atom stereocenters. The van der Waals surface area contributed by atoms with Crippen molar-refractivity contribution in [1.82, 2.24) is 9.80 Å². The molecule has 236 valence electrons. The Labute approximate surface area is 235 Å². The van der Waals surface area contributed by atoms with Crippen LogP contribution in [0.2, 0.25) is 0 Å². The summed E-state index contributed by atoms with van der Waals surface area (Å²) in [6.07, 6.45) is -20.0. The highest BCUT2D eigenvalue weighted by Gasteiger charge is 2.60. The molecule has 4 rings (SSSR count). The van der Waals surface area contributed by atoms with Gasteiger partial charge in [-0.2, -0.15) is 39.5 Å². The number of hydrogen-bond acceptors (Lipinski definition) is 5. The molecule has 0 radical (unpaired) electrons. The number of halogens is 9. The van der Waals surface area contributed by atoms with E-state index in [9.17, 15) is 54.2 Å². The van der Waals surface area contributed by atoms with Gasteiger partial charge in [0.25, 0.3) is 6.10 Å². The predicted octanol–water partition coefficient (Wildman–Crippen LogP) is 6.07. The molecule has 16 heteroatoms. The number of likely N-dealkylation sites (tertiary alicyclic amines) is 2. The van der Waals surface area contributed by atoms with Crippen LogP contribution in [0.15, 0.2) is 18.2 Å². The summed E-state index contributed by atoms with van der Waals surface area (Å²) in [5.41, 5.74) is -0.775. The molecule has 1 spiro atoms. The van der Waals surface area contributed by atoms with Crippen LogP contribution in [0.3, 0.4) is 0 Å². The maximum Gasteiger partial charge on any atom is 0.434 e. The summed E-state index contributed by atoms with van der Waals surface area (Å²) in [5.74, 6) is -1.51. The van der Waals surface area contributed by atoms with E-state index in [1.165, 1.54) is 0 Å². The number of benzene rings is 1. The van der Waals surface area contributed by atoms with Crippen molar-refractivity contribution in [3.63, 3.8) is 0 Å². The maximum absolute atomic E-state index is 13.8. The highest BCUT2D eigenvalue weighted by Crippen LogP contribution is 2.42. The summed E-state index contributed by atoms with van der Waals surface area (Å²) in [5, 5.41) is 9.23. The Hall–Kier alpha value is -2.91. The largest absolute Gasteiger partial charge is 0.481 e. The summed E-state index contributed by atoms with van der Waals surface area (Å²) < 4.78 is 122. The number of aliphatic carboxylic acids is 1. The lowest BCUT2D eigenvalue weighted by molar-refractivity contribution is -0.308. The maximum atomic E-state index is 13.8. The average Bonchev–Trinajstić information content (AvgIpc) is 3.26. The Kier molecular flexibility index (Phi) is 8.87. The number of alkyl halides is 9. The van der Waals surface area contributed by atoms with Crippen LogP contribution in [0.5, 0.6) is 0 Å². The molecule has 3 fully saturated rings. The van der Waals surface area contributed by atoms with Gasteiger partial charge in [0.15, 0.2) is 0 Å². The molecular weight excluding hydrogens is 589 g/mol. The van der Waals surface area contributed by atoms with E-state index in [1.54, 1.807) is 11.0 Å². The van der Waals surface area contributed by atoms with Crippen molar-refractivity contribution in [3.05, 3.63) is 29.3 Å². The van der Waals surface area contributed by atoms with Gasteiger partial charge in [0.1, 0.15) is 0 Å². The van der Waals surface area contributed by atoms with Gasteiger partial charge in [0, 0.05) is 44.0 Å². The van der Waals surface area contributed by atoms with E-state index in [1.807, 2.05) is 4.90 Å². The number of ether oxygens (including phenoxy) is 1. The van der Waals surface area contributed by atoms with Gasteiger partial charge in [-0.05, 0) is 68.8 Å². The van der Waals surface area contributed by atoms with Gasteiger partial charge in [-0.25, -0.2) is 4.79 Å². The first-order valence-corrected chi connectivity index (χ1v) is 13.4.